The standard InChI is InChI=1S/C16H14BrN3OS/c1-22-16(19-10-18)20-14-8-7-12(17)9-13(14)15(21)11-5-3-2-4-6-11/h2-9,15,21H,1H3,(H,19,20). The molecule has 0 amide bonds. The van der Waals surface area contributed by atoms with E-state index in [1.54, 1.807) is 6.07 Å². The minimum Gasteiger partial charge on any atom is -0.384 e. The number of nitrogens with zero attached hydrogens (tertiary/aromatic N) is 2. The number of nitrogens with one attached hydrogen (secondary N) is 1. The molecule has 0 spiro atoms. The van der Waals surface area contributed by atoms with E-state index < -0.39 is 6.10 Å². The van der Waals surface area contributed by atoms with Crippen LogP contribution in [-0.4, -0.2) is 16.5 Å². The molecule has 6 heteroatoms. The summed E-state index contributed by atoms with van der Waals surface area (Å²) in [6, 6.07) is 14.9. The van der Waals surface area contributed by atoms with Gasteiger partial charge in [0, 0.05) is 10.0 Å². The van der Waals surface area contributed by atoms with Crippen LogP contribution in [0.5, 0.6) is 0 Å². The lowest BCUT2D eigenvalue weighted by atomic mass is 10.0. The van der Waals surface area contributed by atoms with E-state index in [4.69, 9.17) is 5.26 Å². The number of aliphatic hydroxyl groups excluding tert-OH is 1. The van der Waals surface area contributed by atoms with Crippen LogP contribution in [0.15, 0.2) is 58.0 Å². The van der Waals surface area contributed by atoms with Crippen LogP contribution in [0.4, 0.5) is 5.69 Å². The highest BCUT2D eigenvalue weighted by Crippen LogP contribution is 2.33. The fraction of sp³-hybridized carbons (Fsp3) is 0.125. The van der Waals surface area contributed by atoms with Gasteiger partial charge in [-0.05, 0) is 30.0 Å². The Morgan fingerprint density at radius 3 is 2.68 bits per heavy atom. The molecular weight excluding hydrogens is 362 g/mol. The number of aliphatic hydroxyl groups is 1. The van der Waals surface area contributed by atoms with Crippen molar-refractivity contribution in [3.05, 3.63) is 64.1 Å². The third kappa shape index (κ3) is 4.10. The Kier molecular flexibility index (Phi) is 6.01. The third-order valence-electron chi connectivity index (χ3n) is 2.98. The maximum atomic E-state index is 10.6. The number of rotatable bonds is 3. The molecule has 2 N–H and O–H groups in total. The van der Waals surface area contributed by atoms with E-state index in [0.717, 1.165) is 10.0 Å². The highest BCUT2D eigenvalue weighted by Gasteiger charge is 2.15. The molecule has 112 valence electrons. The van der Waals surface area contributed by atoms with Gasteiger partial charge in [0.2, 0.25) is 0 Å². The SMILES string of the molecule is CSC(=Nc1ccc(Br)cc1C(O)c1ccccc1)NC#N. The summed E-state index contributed by atoms with van der Waals surface area (Å²) >= 11 is 4.75. The van der Waals surface area contributed by atoms with Crippen molar-refractivity contribution in [1.29, 1.82) is 5.26 Å². The van der Waals surface area contributed by atoms with Crippen molar-refractivity contribution < 1.29 is 5.11 Å². The van der Waals surface area contributed by atoms with Crippen LogP contribution in [0.3, 0.4) is 0 Å². The molecule has 22 heavy (non-hydrogen) atoms. The molecule has 2 rings (SSSR count). The Morgan fingerprint density at radius 1 is 1.32 bits per heavy atom. The lowest BCUT2D eigenvalue weighted by Crippen LogP contribution is -2.12. The summed E-state index contributed by atoms with van der Waals surface area (Å²) in [5, 5.41) is 22.4. The zero-order valence-corrected chi connectivity index (χ0v) is 14.2. The Morgan fingerprint density at radius 2 is 2.05 bits per heavy atom. The molecule has 4 nitrogen and oxygen atoms in total. The van der Waals surface area contributed by atoms with Crippen LogP contribution in [-0.2, 0) is 0 Å². The van der Waals surface area contributed by atoms with Crippen molar-refractivity contribution in [2.75, 3.05) is 6.26 Å². The molecule has 0 saturated heterocycles. The first kappa shape index (κ1) is 16.6. The molecule has 1 atom stereocenters. The predicted molar refractivity (Wildman–Crippen MR) is 94.0 cm³/mol. The molecule has 0 fully saturated rings. The van der Waals surface area contributed by atoms with E-state index in [9.17, 15) is 5.11 Å². The minimum absolute atomic E-state index is 0.478. The Balaban J connectivity index is 2.47. The van der Waals surface area contributed by atoms with Gasteiger partial charge in [-0.1, -0.05) is 58.0 Å². The van der Waals surface area contributed by atoms with Gasteiger partial charge in [-0.3, -0.25) is 5.32 Å². The molecular formula is C16H14BrN3OS. The smallest absolute Gasteiger partial charge is 0.183 e. The summed E-state index contributed by atoms with van der Waals surface area (Å²) in [6.45, 7) is 0. The lowest BCUT2D eigenvalue weighted by molar-refractivity contribution is 0.221. The van der Waals surface area contributed by atoms with E-state index in [2.05, 4.69) is 26.2 Å². The monoisotopic (exact) mass is 375 g/mol. The molecule has 0 aromatic heterocycles. The minimum atomic E-state index is -0.789. The summed E-state index contributed by atoms with van der Waals surface area (Å²) in [4.78, 5) is 4.42. The third-order valence-corrected chi connectivity index (χ3v) is 4.05. The quantitative estimate of drug-likeness (QED) is 0.368. The van der Waals surface area contributed by atoms with E-state index in [1.165, 1.54) is 11.8 Å². The fourth-order valence-electron chi connectivity index (χ4n) is 1.94. The van der Waals surface area contributed by atoms with Crippen molar-refractivity contribution in [2.24, 2.45) is 4.99 Å². The Hall–Kier alpha value is -1.81. The molecule has 0 heterocycles. The largest absolute Gasteiger partial charge is 0.384 e. The number of hydrogen-bond donors (Lipinski definition) is 2. The first-order valence-corrected chi connectivity index (χ1v) is 8.47. The summed E-state index contributed by atoms with van der Waals surface area (Å²) in [5.74, 6) is 0. The Labute approximate surface area is 142 Å². The van der Waals surface area contributed by atoms with E-state index >= 15 is 0 Å². The molecule has 0 bridgehead atoms. The lowest BCUT2D eigenvalue weighted by Gasteiger charge is -2.15. The van der Waals surface area contributed by atoms with Crippen molar-refractivity contribution in [1.82, 2.24) is 5.32 Å². The van der Waals surface area contributed by atoms with Gasteiger partial charge in [0.15, 0.2) is 11.4 Å². The fourth-order valence-corrected chi connectivity index (χ4v) is 2.66. The highest BCUT2D eigenvalue weighted by atomic mass is 79.9. The Bertz CT molecular complexity index is 713. The van der Waals surface area contributed by atoms with Gasteiger partial charge in [0.25, 0.3) is 0 Å². The van der Waals surface area contributed by atoms with Gasteiger partial charge in [-0.15, -0.1) is 0 Å². The average Bonchev–Trinajstić information content (AvgIpc) is 2.56. The summed E-state index contributed by atoms with van der Waals surface area (Å²) in [5.41, 5.74) is 2.08. The van der Waals surface area contributed by atoms with Gasteiger partial charge >= 0.3 is 0 Å². The van der Waals surface area contributed by atoms with Crippen LogP contribution in [0.1, 0.15) is 17.2 Å². The van der Waals surface area contributed by atoms with Crippen LogP contribution in [0, 0.1) is 11.5 Å². The zero-order chi connectivity index (χ0) is 15.9. The molecule has 0 aliphatic rings. The molecule has 1 unspecified atom stereocenters. The van der Waals surface area contributed by atoms with Crippen molar-refractivity contribution in [3.8, 4) is 6.19 Å². The van der Waals surface area contributed by atoms with Crippen LogP contribution in [0.2, 0.25) is 0 Å². The molecule has 0 radical (unpaired) electrons. The van der Waals surface area contributed by atoms with Gasteiger partial charge in [-0.25, -0.2) is 4.99 Å². The topological polar surface area (TPSA) is 68.4 Å². The second-order valence-electron chi connectivity index (χ2n) is 4.37. The predicted octanol–water partition coefficient (Wildman–Crippen LogP) is 3.95. The number of amidine groups is 1. The molecule has 0 aliphatic carbocycles. The van der Waals surface area contributed by atoms with Crippen LogP contribution < -0.4 is 5.32 Å². The van der Waals surface area contributed by atoms with Crippen molar-refractivity contribution >= 4 is 38.5 Å². The maximum Gasteiger partial charge on any atom is 0.183 e. The van der Waals surface area contributed by atoms with E-state index in [1.807, 2.05) is 54.9 Å². The van der Waals surface area contributed by atoms with Gasteiger partial charge in [-0.2, -0.15) is 5.26 Å². The number of benzene rings is 2. The van der Waals surface area contributed by atoms with Gasteiger partial charge < -0.3 is 5.11 Å². The van der Waals surface area contributed by atoms with E-state index in [0.29, 0.717) is 16.4 Å². The first-order chi connectivity index (χ1) is 10.7. The molecule has 2 aromatic carbocycles. The second kappa shape index (κ2) is 7.99. The highest BCUT2D eigenvalue weighted by molar-refractivity contribution is 9.10. The maximum absolute atomic E-state index is 10.6. The molecule has 2 aromatic rings. The normalized spacial score (nSPS) is 12.5. The summed E-state index contributed by atoms with van der Waals surface area (Å²) < 4.78 is 0.857. The zero-order valence-electron chi connectivity index (χ0n) is 11.8. The van der Waals surface area contributed by atoms with Gasteiger partial charge in [0.1, 0.15) is 6.10 Å². The number of nitriles is 1. The van der Waals surface area contributed by atoms with Crippen molar-refractivity contribution in [3.63, 3.8) is 0 Å². The number of hydrogen-bond acceptors (Lipinski definition) is 4. The average molecular weight is 376 g/mol. The molecule has 0 saturated carbocycles. The number of thioether (sulfide) groups is 1. The van der Waals surface area contributed by atoms with Crippen LogP contribution in [0.25, 0.3) is 0 Å². The molecule has 0 aliphatic heterocycles. The second-order valence-corrected chi connectivity index (χ2v) is 6.08. The first-order valence-electron chi connectivity index (χ1n) is 6.46. The number of aliphatic imine (C=N–C) groups is 1. The number of halogens is 1. The van der Waals surface area contributed by atoms with E-state index in [-0.39, 0.29) is 0 Å². The van der Waals surface area contributed by atoms with Crippen molar-refractivity contribution in [2.45, 2.75) is 6.10 Å². The van der Waals surface area contributed by atoms with Crippen LogP contribution >= 0.6 is 27.7 Å². The van der Waals surface area contributed by atoms with Gasteiger partial charge in [0.05, 0.1) is 5.69 Å². The summed E-state index contributed by atoms with van der Waals surface area (Å²) in [6.07, 6.45) is 2.90. The summed E-state index contributed by atoms with van der Waals surface area (Å²) in [7, 11) is 0.